The lowest BCUT2D eigenvalue weighted by molar-refractivity contribution is -0.122. The zero-order valence-corrected chi connectivity index (χ0v) is 20.9. The Kier molecular flexibility index (Phi) is 6.64. The molecule has 0 aliphatic carbocycles. The Hall–Kier alpha value is -4.04. The number of aromatic nitrogens is 3. The summed E-state index contributed by atoms with van der Waals surface area (Å²) in [5.74, 6) is -4.52. The molecule has 9 nitrogen and oxygen atoms in total. The van der Waals surface area contributed by atoms with Crippen LogP contribution in [0.1, 0.15) is 18.9 Å². The molecule has 2 aromatic carbocycles. The highest BCUT2D eigenvalue weighted by molar-refractivity contribution is 7.92. The zero-order valence-electron chi connectivity index (χ0n) is 19.3. The van der Waals surface area contributed by atoms with Crippen molar-refractivity contribution in [3.05, 3.63) is 71.1 Å². The van der Waals surface area contributed by atoms with Gasteiger partial charge in [-0.25, -0.2) is 36.5 Å². The standard InChI is InChI=1S/C23H19F3N6O3S2/c1-23(2,20(27)33)21-31-17(18(36-21)15-9-10-29-22(28)30-15)11-5-3-8-14(16(11)26)32-37(34,35)19-12(24)6-4-7-13(19)25/h3-10,32H,1-2H3,(H2,27,33)(H2,28,29,30). The summed E-state index contributed by atoms with van der Waals surface area (Å²) in [6, 6.07) is 7.76. The Morgan fingerprint density at radius 2 is 1.68 bits per heavy atom. The van der Waals surface area contributed by atoms with Gasteiger partial charge in [0.15, 0.2) is 10.7 Å². The number of carbonyl (C=O) groups excluding carboxylic acids is 1. The molecule has 0 radical (unpaired) electrons. The highest BCUT2D eigenvalue weighted by Gasteiger charge is 2.34. The third-order valence-electron chi connectivity index (χ3n) is 5.37. The van der Waals surface area contributed by atoms with E-state index in [4.69, 9.17) is 11.5 Å². The van der Waals surface area contributed by atoms with Gasteiger partial charge in [-0.05, 0) is 44.2 Å². The van der Waals surface area contributed by atoms with Gasteiger partial charge < -0.3 is 11.5 Å². The number of halogens is 3. The molecular formula is C23H19F3N6O3S2. The normalized spacial score (nSPS) is 11.9. The van der Waals surface area contributed by atoms with Crippen molar-refractivity contribution in [2.75, 3.05) is 10.5 Å². The minimum Gasteiger partial charge on any atom is -0.369 e. The molecule has 2 heterocycles. The highest BCUT2D eigenvalue weighted by Crippen LogP contribution is 2.42. The van der Waals surface area contributed by atoms with Crippen LogP contribution in [-0.4, -0.2) is 29.3 Å². The first-order valence-corrected chi connectivity index (χ1v) is 12.8. The van der Waals surface area contributed by atoms with Crippen molar-refractivity contribution in [3.63, 3.8) is 0 Å². The van der Waals surface area contributed by atoms with E-state index in [-0.39, 0.29) is 27.9 Å². The second-order valence-corrected chi connectivity index (χ2v) is 10.9. The molecule has 0 fully saturated rings. The first-order valence-electron chi connectivity index (χ1n) is 10.5. The number of sulfonamides is 1. The van der Waals surface area contributed by atoms with Gasteiger partial charge in [0.25, 0.3) is 10.0 Å². The molecule has 0 aliphatic rings. The number of amides is 1. The molecule has 0 saturated carbocycles. The van der Waals surface area contributed by atoms with E-state index in [0.29, 0.717) is 4.88 Å². The quantitative estimate of drug-likeness (QED) is 0.317. The topological polar surface area (TPSA) is 154 Å². The lowest BCUT2D eigenvalue weighted by Gasteiger charge is -2.16. The summed E-state index contributed by atoms with van der Waals surface area (Å²) in [6.07, 6.45) is 1.38. The largest absolute Gasteiger partial charge is 0.369 e. The maximum Gasteiger partial charge on any atom is 0.267 e. The number of hydrogen-bond acceptors (Lipinski definition) is 8. The smallest absolute Gasteiger partial charge is 0.267 e. The number of nitrogens with zero attached hydrogens (tertiary/aromatic N) is 3. The summed E-state index contributed by atoms with van der Waals surface area (Å²) >= 11 is 1.02. The monoisotopic (exact) mass is 548 g/mol. The highest BCUT2D eigenvalue weighted by atomic mass is 32.2. The van der Waals surface area contributed by atoms with Crippen LogP contribution in [-0.2, 0) is 20.2 Å². The minimum absolute atomic E-state index is 0.0167. The van der Waals surface area contributed by atoms with Crippen LogP contribution in [0.3, 0.4) is 0 Å². The van der Waals surface area contributed by atoms with Crippen molar-refractivity contribution in [3.8, 4) is 21.8 Å². The third kappa shape index (κ3) is 4.84. The van der Waals surface area contributed by atoms with Gasteiger partial charge in [-0.15, -0.1) is 11.3 Å². The van der Waals surface area contributed by atoms with E-state index in [1.807, 2.05) is 4.72 Å². The van der Waals surface area contributed by atoms with Crippen molar-refractivity contribution in [2.45, 2.75) is 24.2 Å². The second kappa shape index (κ2) is 9.44. The van der Waals surface area contributed by atoms with Crippen LogP contribution in [0.15, 0.2) is 53.6 Å². The zero-order chi connectivity index (χ0) is 27.1. The number of rotatable bonds is 7. The maximum absolute atomic E-state index is 15.7. The average molecular weight is 549 g/mol. The minimum atomic E-state index is -4.85. The van der Waals surface area contributed by atoms with E-state index in [2.05, 4.69) is 15.0 Å². The van der Waals surface area contributed by atoms with Crippen molar-refractivity contribution in [2.24, 2.45) is 5.73 Å². The molecule has 0 atom stereocenters. The molecule has 0 unspecified atom stereocenters. The van der Waals surface area contributed by atoms with Gasteiger partial charge in [0.2, 0.25) is 11.9 Å². The van der Waals surface area contributed by atoms with E-state index in [0.717, 1.165) is 35.6 Å². The van der Waals surface area contributed by atoms with Crippen LogP contribution >= 0.6 is 11.3 Å². The number of thiazole rings is 1. The summed E-state index contributed by atoms with van der Waals surface area (Å²) in [5, 5.41) is 0.237. The van der Waals surface area contributed by atoms with Crippen molar-refractivity contribution in [1.82, 2.24) is 15.0 Å². The molecule has 0 saturated heterocycles. The molecule has 5 N–H and O–H groups in total. The number of nitrogen functional groups attached to an aromatic ring is 1. The summed E-state index contributed by atoms with van der Waals surface area (Å²) in [5.41, 5.74) is 9.52. The summed E-state index contributed by atoms with van der Waals surface area (Å²) in [7, 11) is -4.85. The van der Waals surface area contributed by atoms with Gasteiger partial charge in [0, 0.05) is 11.8 Å². The van der Waals surface area contributed by atoms with Gasteiger partial charge >= 0.3 is 0 Å². The molecule has 1 amide bonds. The maximum atomic E-state index is 15.7. The second-order valence-electron chi connectivity index (χ2n) is 8.31. The van der Waals surface area contributed by atoms with Gasteiger partial charge in [0.1, 0.15) is 16.6 Å². The predicted octanol–water partition coefficient (Wildman–Crippen LogP) is 3.83. The molecule has 192 valence electrons. The van der Waals surface area contributed by atoms with Crippen molar-refractivity contribution >= 4 is 38.9 Å². The third-order valence-corrected chi connectivity index (χ3v) is 8.19. The number of nitrogens with two attached hydrogens (primary N) is 2. The van der Waals surface area contributed by atoms with E-state index in [1.54, 1.807) is 13.8 Å². The number of anilines is 2. The molecule has 4 rings (SSSR count). The number of benzene rings is 2. The van der Waals surface area contributed by atoms with Gasteiger partial charge in [-0.2, -0.15) is 0 Å². The number of nitrogens with one attached hydrogen (secondary N) is 1. The van der Waals surface area contributed by atoms with Crippen LogP contribution in [0, 0.1) is 17.5 Å². The summed E-state index contributed by atoms with van der Waals surface area (Å²) < 4.78 is 71.3. The number of carbonyl (C=O) groups is 1. The van der Waals surface area contributed by atoms with Crippen LogP contribution < -0.4 is 16.2 Å². The molecule has 2 aromatic heterocycles. The SMILES string of the molecule is CC(C)(C(N)=O)c1nc(-c2cccc(NS(=O)(=O)c3c(F)cccc3F)c2F)c(-c2ccnc(N)n2)s1. The van der Waals surface area contributed by atoms with Crippen molar-refractivity contribution < 1.29 is 26.4 Å². The molecule has 4 aromatic rings. The summed E-state index contributed by atoms with van der Waals surface area (Å²) in [6.45, 7) is 3.08. The van der Waals surface area contributed by atoms with Crippen LogP contribution in [0.25, 0.3) is 21.8 Å². The summed E-state index contributed by atoms with van der Waals surface area (Å²) in [4.78, 5) is 23.5. The Labute approximate surface area is 213 Å². The molecule has 0 spiro atoms. The Morgan fingerprint density at radius 3 is 2.30 bits per heavy atom. The van der Waals surface area contributed by atoms with Gasteiger partial charge in [0.05, 0.1) is 27.4 Å². The molecule has 14 heteroatoms. The Balaban J connectivity index is 1.88. The predicted molar refractivity (Wildman–Crippen MR) is 132 cm³/mol. The van der Waals surface area contributed by atoms with Gasteiger partial charge in [-0.1, -0.05) is 12.1 Å². The average Bonchev–Trinajstić information content (AvgIpc) is 3.26. The number of hydrogen-bond donors (Lipinski definition) is 3. The van der Waals surface area contributed by atoms with Crippen LogP contribution in [0.2, 0.25) is 0 Å². The van der Waals surface area contributed by atoms with E-state index in [1.165, 1.54) is 24.4 Å². The van der Waals surface area contributed by atoms with E-state index < -0.39 is 49.4 Å². The van der Waals surface area contributed by atoms with Crippen LogP contribution in [0.5, 0.6) is 0 Å². The van der Waals surface area contributed by atoms with Gasteiger partial charge in [-0.3, -0.25) is 9.52 Å². The fourth-order valence-electron chi connectivity index (χ4n) is 3.28. The fourth-order valence-corrected chi connectivity index (χ4v) is 5.63. The molecule has 37 heavy (non-hydrogen) atoms. The Bertz CT molecular complexity index is 1620. The molecule has 0 bridgehead atoms. The van der Waals surface area contributed by atoms with E-state index in [9.17, 15) is 22.0 Å². The fraction of sp³-hybridized carbons (Fsp3) is 0.130. The van der Waals surface area contributed by atoms with Crippen LogP contribution in [0.4, 0.5) is 24.8 Å². The van der Waals surface area contributed by atoms with E-state index >= 15 is 4.39 Å². The first kappa shape index (κ1) is 26.0. The number of primary amides is 1. The Morgan fingerprint density at radius 1 is 1.03 bits per heavy atom. The first-order chi connectivity index (χ1) is 17.3. The molecular weight excluding hydrogens is 529 g/mol. The lowest BCUT2D eigenvalue weighted by atomic mass is 9.94. The molecule has 0 aliphatic heterocycles. The lowest BCUT2D eigenvalue weighted by Crippen LogP contribution is -2.35. The van der Waals surface area contributed by atoms with Crippen molar-refractivity contribution in [1.29, 1.82) is 0 Å².